The first kappa shape index (κ1) is 22.9. The molecule has 4 fully saturated rings. The van der Waals surface area contributed by atoms with E-state index in [-0.39, 0.29) is 23.8 Å². The monoisotopic (exact) mass is 465 g/mol. The highest BCUT2D eigenvalue weighted by atomic mass is 16.6. The minimum Gasteiger partial charge on any atom is -0.454 e. The van der Waals surface area contributed by atoms with Crippen LogP contribution in [0.1, 0.15) is 44.1 Å². The van der Waals surface area contributed by atoms with Crippen LogP contribution < -0.4 is 5.32 Å². The van der Waals surface area contributed by atoms with E-state index in [2.05, 4.69) is 15.3 Å². The Morgan fingerprint density at radius 1 is 1.09 bits per heavy atom. The van der Waals surface area contributed by atoms with Gasteiger partial charge in [0.05, 0.1) is 13.1 Å². The van der Waals surface area contributed by atoms with Gasteiger partial charge in [-0.05, 0) is 24.5 Å². The van der Waals surface area contributed by atoms with Crippen LogP contribution in [0.3, 0.4) is 0 Å². The van der Waals surface area contributed by atoms with Crippen LogP contribution in [0, 0.1) is 11.8 Å². The molecule has 1 unspecified atom stereocenters. The molecular weight excluding hydrogens is 432 g/mol. The second kappa shape index (κ2) is 9.43. The lowest BCUT2D eigenvalue weighted by Gasteiger charge is -2.51. The fraction of sp³-hybridized carbons (Fsp3) is 0.538. The number of amides is 1. The summed E-state index contributed by atoms with van der Waals surface area (Å²) in [6.45, 7) is 2.70. The lowest BCUT2D eigenvalue weighted by molar-refractivity contribution is -0.939. The van der Waals surface area contributed by atoms with Gasteiger partial charge in [-0.3, -0.25) is 4.79 Å². The van der Waals surface area contributed by atoms with Gasteiger partial charge >= 0.3 is 5.97 Å². The van der Waals surface area contributed by atoms with E-state index < -0.39 is 11.6 Å². The van der Waals surface area contributed by atoms with Gasteiger partial charge in [-0.25, -0.2) is 14.8 Å². The zero-order chi connectivity index (χ0) is 23.6. The first-order valence-corrected chi connectivity index (χ1v) is 12.4. The molecule has 6 rings (SSSR count). The lowest BCUT2D eigenvalue weighted by atomic mass is 9.79. The van der Waals surface area contributed by atoms with Gasteiger partial charge in [0.1, 0.15) is 18.7 Å². The first-order valence-electron chi connectivity index (χ1n) is 12.4. The van der Waals surface area contributed by atoms with Crippen LogP contribution >= 0.6 is 0 Å². The Bertz CT molecular complexity index is 1000. The van der Waals surface area contributed by atoms with E-state index in [0.29, 0.717) is 29.0 Å². The third-order valence-electron chi connectivity index (χ3n) is 8.10. The van der Waals surface area contributed by atoms with Crippen molar-refractivity contribution in [3.63, 3.8) is 0 Å². The van der Waals surface area contributed by atoms with Crippen LogP contribution in [0.5, 0.6) is 0 Å². The molecule has 3 aliphatic heterocycles. The highest BCUT2D eigenvalue weighted by Gasteiger charge is 2.53. The molecule has 0 radical (unpaired) electrons. The average Bonchev–Trinajstić information content (AvgIpc) is 3.40. The van der Waals surface area contributed by atoms with Crippen molar-refractivity contribution in [1.82, 2.24) is 9.97 Å². The van der Waals surface area contributed by atoms with E-state index >= 15 is 0 Å². The van der Waals surface area contributed by atoms with Gasteiger partial charge < -0.3 is 19.6 Å². The molecule has 2 atom stereocenters. The van der Waals surface area contributed by atoms with E-state index in [1.807, 2.05) is 30.3 Å². The molecule has 4 heterocycles. The van der Waals surface area contributed by atoms with Crippen molar-refractivity contribution in [2.45, 2.75) is 50.2 Å². The molecule has 8 heteroatoms. The summed E-state index contributed by atoms with van der Waals surface area (Å²) in [7, 11) is 0. The molecule has 180 valence electrons. The van der Waals surface area contributed by atoms with Crippen molar-refractivity contribution >= 4 is 17.7 Å². The van der Waals surface area contributed by atoms with Crippen LogP contribution in [-0.2, 0) is 19.9 Å². The van der Waals surface area contributed by atoms with Crippen molar-refractivity contribution in [2.24, 2.45) is 11.8 Å². The number of rotatable bonds is 7. The zero-order valence-electron chi connectivity index (χ0n) is 19.4. The number of ether oxygens (including phenoxy) is 1. The molecule has 3 saturated heterocycles. The van der Waals surface area contributed by atoms with Crippen LogP contribution in [0.25, 0.3) is 0 Å². The van der Waals surface area contributed by atoms with Crippen LogP contribution in [0.2, 0.25) is 0 Å². The molecule has 2 aromatic rings. The number of carbonyl (C=O) groups is 2. The highest BCUT2D eigenvalue weighted by molar-refractivity contribution is 5.90. The number of quaternary nitrogens is 1. The fourth-order valence-corrected chi connectivity index (χ4v) is 6.21. The second-order valence-corrected chi connectivity index (χ2v) is 10.2. The number of hydrogen-bond acceptors (Lipinski definition) is 6. The van der Waals surface area contributed by atoms with Crippen LogP contribution in [0.4, 0.5) is 5.82 Å². The maximum atomic E-state index is 13.6. The first-order chi connectivity index (χ1) is 16.5. The second-order valence-electron chi connectivity index (χ2n) is 10.2. The summed E-state index contributed by atoms with van der Waals surface area (Å²) in [5, 5.41) is 14.6. The Morgan fingerprint density at radius 2 is 1.82 bits per heavy atom. The Labute approximate surface area is 199 Å². The Morgan fingerprint density at radius 3 is 2.50 bits per heavy atom. The number of aliphatic hydroxyl groups is 1. The van der Waals surface area contributed by atoms with E-state index in [1.54, 1.807) is 12.3 Å². The minimum absolute atomic E-state index is 0.101. The van der Waals surface area contributed by atoms with Crippen LogP contribution in [-0.4, -0.2) is 63.7 Å². The quantitative estimate of drug-likeness (QED) is 0.482. The molecule has 1 aromatic carbocycles. The van der Waals surface area contributed by atoms with E-state index in [9.17, 15) is 14.7 Å². The van der Waals surface area contributed by atoms with E-state index in [4.69, 9.17) is 4.74 Å². The number of piperidine rings is 3. The third kappa shape index (κ3) is 4.44. The number of aromatic nitrogens is 2. The summed E-state index contributed by atoms with van der Waals surface area (Å²) in [6, 6.07) is 10.9. The number of anilines is 1. The number of nitrogens with zero attached hydrogens (tertiary/aromatic N) is 3. The Balaban J connectivity index is 1.30. The predicted molar refractivity (Wildman–Crippen MR) is 125 cm³/mol. The molecular formula is C26H33N4O4+. The topological polar surface area (TPSA) is 101 Å². The third-order valence-corrected chi connectivity index (χ3v) is 8.10. The minimum atomic E-state index is -1.63. The molecule has 1 aromatic heterocycles. The summed E-state index contributed by atoms with van der Waals surface area (Å²) in [6.07, 6.45) is 8.19. The van der Waals surface area contributed by atoms with Crippen molar-refractivity contribution in [3.05, 3.63) is 54.5 Å². The summed E-state index contributed by atoms with van der Waals surface area (Å²) < 4.78 is 6.72. The zero-order valence-corrected chi connectivity index (χ0v) is 19.4. The van der Waals surface area contributed by atoms with Crippen molar-refractivity contribution in [2.75, 3.05) is 31.5 Å². The summed E-state index contributed by atoms with van der Waals surface area (Å²) in [4.78, 5) is 34.3. The highest BCUT2D eigenvalue weighted by Crippen LogP contribution is 2.43. The van der Waals surface area contributed by atoms with Gasteiger partial charge in [0.25, 0.3) is 5.91 Å². The van der Waals surface area contributed by atoms with Crippen molar-refractivity contribution < 1.29 is 23.9 Å². The standard InChI is InChI=1S/C26H32N4O4/c31-24(29-23-10-13-27-18-28-23)17-30-14-11-19(12-15-30)22(16-30)34-25(32)26(33,21-8-4-5-9-21)20-6-2-1-3-7-20/h1-3,6-7,10,13,18-19,21-22,33H,4-5,8-9,11-12,14-17H2/p+1/t19?,22-,26?,30?/m0/s1. The molecule has 0 spiro atoms. The number of fused-ring (bicyclic) bond motifs is 3. The molecule has 1 amide bonds. The largest absolute Gasteiger partial charge is 0.454 e. The molecule has 8 nitrogen and oxygen atoms in total. The number of carbonyl (C=O) groups excluding carboxylic acids is 2. The van der Waals surface area contributed by atoms with Gasteiger partial charge in [0.2, 0.25) is 0 Å². The van der Waals surface area contributed by atoms with Crippen LogP contribution in [0.15, 0.2) is 48.9 Å². The number of benzene rings is 1. The summed E-state index contributed by atoms with van der Waals surface area (Å²) in [5.41, 5.74) is -1.01. The van der Waals surface area contributed by atoms with Gasteiger partial charge in [-0.15, -0.1) is 0 Å². The van der Waals surface area contributed by atoms with Crippen molar-refractivity contribution in [3.8, 4) is 0 Å². The van der Waals surface area contributed by atoms with Crippen molar-refractivity contribution in [1.29, 1.82) is 0 Å². The molecule has 1 saturated carbocycles. The fourth-order valence-electron chi connectivity index (χ4n) is 6.21. The number of hydrogen-bond donors (Lipinski definition) is 2. The number of nitrogens with one attached hydrogen (secondary N) is 1. The number of esters is 1. The van der Waals surface area contributed by atoms with Gasteiger partial charge in [-0.1, -0.05) is 43.2 Å². The van der Waals surface area contributed by atoms with Gasteiger partial charge in [0.15, 0.2) is 18.2 Å². The molecule has 2 N–H and O–H groups in total. The molecule has 1 aliphatic carbocycles. The van der Waals surface area contributed by atoms with Gasteiger partial charge in [0, 0.05) is 30.9 Å². The van der Waals surface area contributed by atoms with Gasteiger partial charge in [-0.2, -0.15) is 0 Å². The maximum Gasteiger partial charge on any atom is 0.343 e. The molecule has 4 aliphatic rings. The Kier molecular flexibility index (Phi) is 6.36. The molecule has 34 heavy (non-hydrogen) atoms. The SMILES string of the molecule is O=C(C[N+]12CCC(CC1)[C@@H](OC(=O)C(O)(c1ccccc1)C1CCCC1)C2)Nc1ccncn1. The summed E-state index contributed by atoms with van der Waals surface area (Å²) in [5.74, 6) is -0.0101. The van der Waals surface area contributed by atoms with E-state index in [1.165, 1.54) is 6.33 Å². The molecule has 2 bridgehead atoms. The predicted octanol–water partition coefficient (Wildman–Crippen LogP) is 2.65. The lowest BCUT2D eigenvalue weighted by Crippen LogP contribution is -2.66. The summed E-state index contributed by atoms with van der Waals surface area (Å²) >= 11 is 0. The maximum absolute atomic E-state index is 13.6. The Hall–Kier alpha value is -2.84. The average molecular weight is 466 g/mol. The smallest absolute Gasteiger partial charge is 0.343 e. The van der Waals surface area contributed by atoms with E-state index in [0.717, 1.165) is 51.6 Å². The normalized spacial score (nSPS) is 28.3.